The van der Waals surface area contributed by atoms with E-state index >= 15 is 0 Å². The molecule has 0 radical (unpaired) electrons. The first-order valence-electron chi connectivity index (χ1n) is 5.02. The minimum absolute atomic E-state index is 0.00891. The van der Waals surface area contributed by atoms with Gasteiger partial charge in [-0.25, -0.2) is 4.39 Å². The lowest BCUT2D eigenvalue weighted by molar-refractivity contribution is 0.590. The molecule has 0 spiro atoms. The van der Waals surface area contributed by atoms with E-state index in [-0.39, 0.29) is 11.2 Å². The van der Waals surface area contributed by atoms with Gasteiger partial charge in [0.15, 0.2) is 0 Å². The average molecular weight is 206 g/mol. The zero-order valence-electron chi connectivity index (χ0n) is 9.50. The number of aryl methyl sites for hydroxylation is 1. The summed E-state index contributed by atoms with van der Waals surface area (Å²) in [6.45, 7) is 6.35. The molecule has 0 aliphatic carbocycles. The van der Waals surface area contributed by atoms with Gasteiger partial charge in [0.05, 0.1) is 6.20 Å². The highest BCUT2D eigenvalue weighted by molar-refractivity contribution is 5.83. The van der Waals surface area contributed by atoms with Gasteiger partial charge in [-0.3, -0.25) is 4.68 Å². The van der Waals surface area contributed by atoms with Crippen molar-refractivity contribution < 1.29 is 4.39 Å². The van der Waals surface area contributed by atoms with E-state index < -0.39 is 0 Å². The summed E-state index contributed by atoms with van der Waals surface area (Å²) in [7, 11) is 1.76. The number of nitrogens with zero attached hydrogens (tertiary/aromatic N) is 2. The van der Waals surface area contributed by atoms with Crippen LogP contribution in [0.4, 0.5) is 4.39 Å². The van der Waals surface area contributed by atoms with Crippen molar-refractivity contribution in [2.24, 2.45) is 7.05 Å². The summed E-state index contributed by atoms with van der Waals surface area (Å²) in [6, 6.07) is 3.37. The minimum Gasteiger partial charge on any atom is -0.265 e. The Labute approximate surface area is 88.7 Å². The highest BCUT2D eigenvalue weighted by Crippen LogP contribution is 2.30. The molecular weight excluding hydrogens is 191 g/mol. The van der Waals surface area contributed by atoms with Gasteiger partial charge >= 0.3 is 0 Å². The lowest BCUT2D eigenvalue weighted by Gasteiger charge is -2.20. The van der Waals surface area contributed by atoms with Crippen molar-refractivity contribution in [1.82, 2.24) is 9.78 Å². The fourth-order valence-corrected chi connectivity index (χ4v) is 1.90. The van der Waals surface area contributed by atoms with Gasteiger partial charge in [-0.15, -0.1) is 0 Å². The summed E-state index contributed by atoms with van der Waals surface area (Å²) < 4.78 is 15.2. The van der Waals surface area contributed by atoms with Crippen LogP contribution in [0, 0.1) is 5.82 Å². The summed E-state index contributed by atoms with van der Waals surface area (Å²) >= 11 is 0. The molecule has 0 aliphatic rings. The molecule has 2 rings (SSSR count). The van der Waals surface area contributed by atoms with Gasteiger partial charge in [0.25, 0.3) is 0 Å². The molecule has 80 valence electrons. The van der Waals surface area contributed by atoms with Crippen LogP contribution in [-0.4, -0.2) is 9.78 Å². The normalized spacial score (nSPS) is 12.3. The molecule has 0 atom stereocenters. The number of hydrogen-bond donors (Lipinski definition) is 0. The van der Waals surface area contributed by atoms with E-state index in [4.69, 9.17) is 0 Å². The molecule has 2 aromatic rings. The molecular formula is C12H15FN2. The monoisotopic (exact) mass is 206 g/mol. The Kier molecular flexibility index (Phi) is 2.07. The second kappa shape index (κ2) is 3.05. The molecule has 1 aromatic carbocycles. The Bertz CT molecular complexity index is 506. The van der Waals surface area contributed by atoms with Crippen LogP contribution in [0.2, 0.25) is 0 Å². The number of halogens is 1. The summed E-state index contributed by atoms with van der Waals surface area (Å²) in [6.07, 6.45) is 1.74. The van der Waals surface area contributed by atoms with Crippen molar-refractivity contribution in [2.75, 3.05) is 0 Å². The smallest absolute Gasteiger partial charge is 0.149 e. The van der Waals surface area contributed by atoms with Gasteiger partial charge in [0.2, 0.25) is 0 Å². The molecule has 0 amide bonds. The molecule has 1 aromatic heterocycles. The average Bonchev–Trinajstić information content (AvgIpc) is 2.47. The summed E-state index contributed by atoms with van der Waals surface area (Å²) in [5, 5.41) is 5.01. The first-order valence-corrected chi connectivity index (χ1v) is 5.02. The number of benzene rings is 1. The number of aromatic nitrogens is 2. The number of hydrogen-bond acceptors (Lipinski definition) is 1. The first kappa shape index (κ1) is 10.1. The molecule has 0 fully saturated rings. The van der Waals surface area contributed by atoms with E-state index in [9.17, 15) is 4.39 Å². The van der Waals surface area contributed by atoms with Crippen LogP contribution >= 0.6 is 0 Å². The summed E-state index contributed by atoms with van der Waals surface area (Å²) in [5.41, 5.74) is 1.73. The van der Waals surface area contributed by atoms with Crippen molar-refractivity contribution in [3.63, 3.8) is 0 Å². The van der Waals surface area contributed by atoms with E-state index in [0.717, 1.165) is 10.9 Å². The molecule has 0 saturated heterocycles. The van der Waals surface area contributed by atoms with Crippen molar-refractivity contribution >= 4 is 10.9 Å². The van der Waals surface area contributed by atoms with Gasteiger partial charge in [-0.2, -0.15) is 5.10 Å². The van der Waals surface area contributed by atoms with E-state index in [2.05, 4.69) is 25.9 Å². The third-order valence-corrected chi connectivity index (χ3v) is 2.66. The molecule has 15 heavy (non-hydrogen) atoms. The van der Waals surface area contributed by atoms with Crippen LogP contribution in [0.5, 0.6) is 0 Å². The van der Waals surface area contributed by atoms with Crippen molar-refractivity contribution in [1.29, 1.82) is 0 Å². The Morgan fingerprint density at radius 1 is 1.27 bits per heavy atom. The van der Waals surface area contributed by atoms with E-state index in [1.54, 1.807) is 17.9 Å². The van der Waals surface area contributed by atoms with E-state index in [1.165, 1.54) is 6.07 Å². The lowest BCUT2D eigenvalue weighted by atomic mass is 9.85. The molecule has 3 heteroatoms. The van der Waals surface area contributed by atoms with Crippen LogP contribution in [0.1, 0.15) is 26.3 Å². The molecule has 0 bridgehead atoms. The Hall–Kier alpha value is -1.38. The first-order chi connectivity index (χ1) is 6.91. The maximum atomic E-state index is 13.6. The summed E-state index contributed by atoms with van der Waals surface area (Å²) in [4.78, 5) is 0. The fraction of sp³-hybridized carbons (Fsp3) is 0.417. The predicted octanol–water partition coefficient (Wildman–Crippen LogP) is 3.01. The van der Waals surface area contributed by atoms with Gasteiger partial charge in [-0.05, 0) is 17.0 Å². The van der Waals surface area contributed by atoms with E-state index in [1.807, 2.05) is 6.07 Å². The largest absolute Gasteiger partial charge is 0.265 e. The predicted molar refractivity (Wildman–Crippen MR) is 59.4 cm³/mol. The van der Waals surface area contributed by atoms with Crippen LogP contribution in [-0.2, 0) is 12.5 Å². The topological polar surface area (TPSA) is 17.8 Å². The maximum absolute atomic E-state index is 13.6. The molecule has 2 nitrogen and oxygen atoms in total. The highest BCUT2D eigenvalue weighted by Gasteiger charge is 2.19. The Balaban J connectivity index is 2.85. The quantitative estimate of drug-likeness (QED) is 0.648. The Morgan fingerprint density at radius 3 is 2.53 bits per heavy atom. The van der Waals surface area contributed by atoms with Crippen LogP contribution < -0.4 is 0 Å². The molecule has 0 saturated carbocycles. The van der Waals surface area contributed by atoms with Crippen LogP contribution in [0.3, 0.4) is 0 Å². The van der Waals surface area contributed by atoms with Gasteiger partial charge in [0.1, 0.15) is 11.3 Å². The third-order valence-electron chi connectivity index (χ3n) is 2.66. The van der Waals surface area contributed by atoms with Gasteiger partial charge in [0, 0.05) is 12.4 Å². The highest BCUT2D eigenvalue weighted by atomic mass is 19.1. The number of rotatable bonds is 0. The van der Waals surface area contributed by atoms with Crippen molar-refractivity contribution in [3.05, 3.63) is 29.7 Å². The van der Waals surface area contributed by atoms with Gasteiger partial charge in [-0.1, -0.05) is 26.8 Å². The van der Waals surface area contributed by atoms with E-state index in [0.29, 0.717) is 5.52 Å². The maximum Gasteiger partial charge on any atom is 0.149 e. The fourth-order valence-electron chi connectivity index (χ4n) is 1.90. The molecule has 0 aliphatic heterocycles. The van der Waals surface area contributed by atoms with Crippen molar-refractivity contribution in [2.45, 2.75) is 26.2 Å². The SMILES string of the molecule is Cn1ncc2c(C(C)(C)C)ccc(F)c21. The lowest BCUT2D eigenvalue weighted by Crippen LogP contribution is -2.11. The second-order valence-corrected chi connectivity index (χ2v) is 4.88. The molecule has 1 heterocycles. The standard InChI is InChI=1S/C12H15FN2/c1-12(2,3)9-5-6-10(13)11-8(9)7-14-15(11)4/h5-7H,1-4H3. The van der Waals surface area contributed by atoms with Crippen LogP contribution in [0.25, 0.3) is 10.9 Å². The molecule has 0 unspecified atom stereocenters. The van der Waals surface area contributed by atoms with Crippen molar-refractivity contribution in [3.8, 4) is 0 Å². The van der Waals surface area contributed by atoms with Crippen LogP contribution in [0.15, 0.2) is 18.3 Å². The number of fused-ring (bicyclic) bond motifs is 1. The molecule has 0 N–H and O–H groups in total. The second-order valence-electron chi connectivity index (χ2n) is 4.88. The Morgan fingerprint density at radius 2 is 1.93 bits per heavy atom. The zero-order valence-corrected chi connectivity index (χ0v) is 9.50. The zero-order chi connectivity index (χ0) is 11.2. The minimum atomic E-state index is -0.210. The third kappa shape index (κ3) is 1.52. The summed E-state index contributed by atoms with van der Waals surface area (Å²) in [5.74, 6) is -0.210. The van der Waals surface area contributed by atoms with Gasteiger partial charge < -0.3 is 0 Å².